The molecule has 0 fully saturated rings. The summed E-state index contributed by atoms with van der Waals surface area (Å²) in [5.74, 6) is -0.570. The molecule has 0 aromatic carbocycles. The number of hydrogen-bond donors (Lipinski definition) is 2. The minimum absolute atomic E-state index is 0. The Morgan fingerprint density at radius 2 is 1.38 bits per heavy atom. The van der Waals surface area contributed by atoms with Gasteiger partial charge in [-0.05, 0) is 12.8 Å². The van der Waals surface area contributed by atoms with Crippen molar-refractivity contribution < 1.29 is 84.0 Å². The van der Waals surface area contributed by atoms with Crippen LogP contribution in [0.3, 0.4) is 0 Å². The molecule has 0 aromatic heterocycles. The molecule has 0 saturated heterocycles. The predicted octanol–water partition coefficient (Wildman–Crippen LogP) is -2.81. The Morgan fingerprint density at radius 3 is 1.73 bits per heavy atom. The summed E-state index contributed by atoms with van der Waals surface area (Å²) in [5, 5.41) is 20.0. The number of ether oxygens (including phenoxy) is 2. The van der Waals surface area contributed by atoms with Gasteiger partial charge in [-0.3, -0.25) is 4.90 Å². The molecule has 0 aromatic rings. The van der Waals surface area contributed by atoms with Gasteiger partial charge in [-0.25, -0.2) is 8.42 Å². The van der Waals surface area contributed by atoms with Crippen molar-refractivity contribution in [2.75, 3.05) is 51.8 Å². The van der Waals surface area contributed by atoms with Crippen LogP contribution in [0, 0.1) is 0 Å². The average molecular weight is 424 g/mol. The Balaban J connectivity index is 0. The van der Waals surface area contributed by atoms with Crippen LogP contribution in [-0.2, 0) is 19.6 Å². The normalized spacial score (nSPS) is 14.2. The molecule has 0 heterocycles. The quantitative estimate of drug-likeness (QED) is 0.146. The molecule has 0 saturated carbocycles. The van der Waals surface area contributed by atoms with Gasteiger partial charge in [0, 0.05) is 32.8 Å². The third kappa shape index (κ3) is 20.1. The first-order chi connectivity index (χ1) is 11.8. The van der Waals surface area contributed by atoms with Gasteiger partial charge in [-0.15, -0.1) is 0 Å². The molecule has 0 aliphatic heterocycles. The van der Waals surface area contributed by atoms with Crippen molar-refractivity contribution in [2.24, 2.45) is 0 Å². The van der Waals surface area contributed by atoms with Crippen molar-refractivity contribution in [2.45, 2.75) is 51.7 Å². The van der Waals surface area contributed by atoms with Crippen LogP contribution in [-0.4, -0.2) is 92.1 Å². The summed E-state index contributed by atoms with van der Waals surface area (Å²) in [6.45, 7) is 5.62. The van der Waals surface area contributed by atoms with Crippen LogP contribution in [0.2, 0.25) is 0 Å². The first-order valence-electron chi connectivity index (χ1n) is 8.96. The maximum atomic E-state index is 10.8. The molecule has 152 valence electrons. The summed E-state index contributed by atoms with van der Waals surface area (Å²) in [4.78, 5) is 1.55. The van der Waals surface area contributed by atoms with Gasteiger partial charge < -0.3 is 24.2 Å². The van der Waals surface area contributed by atoms with Crippen LogP contribution in [0.4, 0.5) is 0 Å². The molecule has 0 amide bonds. The zero-order chi connectivity index (χ0) is 19.1. The molecule has 0 aliphatic rings. The zero-order valence-corrected chi connectivity index (χ0v) is 20.4. The average Bonchev–Trinajstić information content (AvgIpc) is 2.53. The summed E-state index contributed by atoms with van der Waals surface area (Å²) >= 11 is 0. The maximum absolute atomic E-state index is 10.8. The van der Waals surface area contributed by atoms with Crippen LogP contribution in [0.5, 0.6) is 0 Å². The molecule has 10 heteroatoms. The standard InChI is InChI=1S/C16H35NO7S.K/c1-3-5-8-23-13-15(18)11-17(7-10-25(20,21)22)12-16(19)14-24-9-6-4-2;/h15-16,18-19H,3-14H2,1-2H3,(H,20,21,22);/q;+1/p-1. The van der Waals surface area contributed by atoms with E-state index in [0.717, 1.165) is 25.7 Å². The van der Waals surface area contributed by atoms with Crippen LogP contribution in [0.15, 0.2) is 0 Å². The topological polar surface area (TPSA) is 119 Å². The number of rotatable bonds is 17. The minimum Gasteiger partial charge on any atom is -0.748 e. The molecule has 26 heavy (non-hydrogen) atoms. The minimum atomic E-state index is -4.36. The second kappa shape index (κ2) is 18.4. The number of nitrogens with zero attached hydrogens (tertiary/aromatic N) is 1. The van der Waals surface area contributed by atoms with E-state index in [2.05, 4.69) is 0 Å². The molecule has 2 N–H and O–H groups in total. The third-order valence-electron chi connectivity index (χ3n) is 3.50. The van der Waals surface area contributed by atoms with E-state index in [1.165, 1.54) is 0 Å². The third-order valence-corrected chi connectivity index (χ3v) is 4.18. The van der Waals surface area contributed by atoms with Gasteiger partial charge in [-0.1, -0.05) is 26.7 Å². The van der Waals surface area contributed by atoms with Crippen molar-refractivity contribution in [1.29, 1.82) is 0 Å². The second-order valence-electron chi connectivity index (χ2n) is 6.19. The Kier molecular flexibility index (Phi) is 20.9. The largest absolute Gasteiger partial charge is 1.00 e. The van der Waals surface area contributed by atoms with Gasteiger partial charge in [0.1, 0.15) is 0 Å². The summed E-state index contributed by atoms with van der Waals surface area (Å²) in [7, 11) is -4.36. The molecular weight excluding hydrogens is 389 g/mol. The van der Waals surface area contributed by atoms with Crippen LogP contribution in [0.1, 0.15) is 39.5 Å². The summed E-state index contributed by atoms with van der Waals surface area (Å²) in [5.41, 5.74) is 0. The van der Waals surface area contributed by atoms with Crippen molar-refractivity contribution in [3.05, 3.63) is 0 Å². The summed E-state index contributed by atoms with van der Waals surface area (Å²) in [6.07, 6.45) is 2.15. The van der Waals surface area contributed by atoms with Crippen LogP contribution >= 0.6 is 0 Å². The van der Waals surface area contributed by atoms with Gasteiger partial charge in [0.25, 0.3) is 0 Å². The Labute approximate surface area is 200 Å². The monoisotopic (exact) mass is 423 g/mol. The molecule has 0 aliphatic carbocycles. The fourth-order valence-corrected chi connectivity index (χ4v) is 2.61. The van der Waals surface area contributed by atoms with Gasteiger partial charge >= 0.3 is 51.4 Å². The van der Waals surface area contributed by atoms with Crippen molar-refractivity contribution >= 4 is 10.1 Å². The van der Waals surface area contributed by atoms with E-state index in [-0.39, 0.29) is 84.2 Å². The first-order valence-corrected chi connectivity index (χ1v) is 10.5. The Bertz CT molecular complexity index is 391. The Hall–Kier alpha value is 1.35. The molecule has 0 radical (unpaired) electrons. The van der Waals surface area contributed by atoms with Gasteiger partial charge in [0.05, 0.1) is 41.3 Å². The Morgan fingerprint density at radius 1 is 0.962 bits per heavy atom. The summed E-state index contributed by atoms with van der Waals surface area (Å²) in [6, 6.07) is 0. The second-order valence-corrected chi connectivity index (χ2v) is 7.71. The predicted molar refractivity (Wildman–Crippen MR) is 94.5 cm³/mol. The van der Waals surface area contributed by atoms with Gasteiger partial charge in [0.15, 0.2) is 0 Å². The number of aliphatic hydroxyl groups is 2. The molecular formula is C16H34KNO7S. The van der Waals surface area contributed by atoms with E-state index in [1.54, 1.807) is 4.90 Å². The van der Waals surface area contributed by atoms with E-state index in [4.69, 9.17) is 9.47 Å². The first kappa shape index (κ1) is 29.5. The molecule has 2 unspecified atom stereocenters. The van der Waals surface area contributed by atoms with Gasteiger partial charge in [-0.2, -0.15) is 0 Å². The van der Waals surface area contributed by atoms with Crippen molar-refractivity contribution in [3.63, 3.8) is 0 Å². The molecule has 8 nitrogen and oxygen atoms in total. The fourth-order valence-electron chi connectivity index (χ4n) is 2.13. The van der Waals surface area contributed by atoms with Crippen molar-refractivity contribution in [3.8, 4) is 0 Å². The van der Waals surface area contributed by atoms with Crippen LogP contribution < -0.4 is 51.4 Å². The summed E-state index contributed by atoms with van der Waals surface area (Å²) < 4.78 is 43.2. The number of aliphatic hydroxyl groups excluding tert-OH is 2. The van der Waals surface area contributed by atoms with E-state index < -0.39 is 28.1 Å². The maximum Gasteiger partial charge on any atom is 1.00 e. The number of unbranched alkanes of at least 4 members (excludes halogenated alkanes) is 2. The van der Waals surface area contributed by atoms with E-state index in [0.29, 0.717) is 13.2 Å². The number of hydrogen-bond acceptors (Lipinski definition) is 8. The van der Waals surface area contributed by atoms with Crippen molar-refractivity contribution in [1.82, 2.24) is 4.90 Å². The SMILES string of the molecule is CCCCOCC(O)CN(CCS(=O)(=O)[O-])CC(O)COCCCC.[K+]. The van der Waals surface area contributed by atoms with E-state index in [1.807, 2.05) is 13.8 Å². The smallest absolute Gasteiger partial charge is 0.748 e. The molecule has 0 rings (SSSR count). The molecule has 2 atom stereocenters. The van der Waals surface area contributed by atoms with E-state index in [9.17, 15) is 23.2 Å². The van der Waals surface area contributed by atoms with Gasteiger partial charge in [0.2, 0.25) is 0 Å². The zero-order valence-electron chi connectivity index (χ0n) is 16.4. The molecule has 0 bridgehead atoms. The van der Waals surface area contributed by atoms with Crippen LogP contribution in [0.25, 0.3) is 0 Å². The van der Waals surface area contributed by atoms with E-state index >= 15 is 0 Å². The fraction of sp³-hybridized carbons (Fsp3) is 1.00. The molecule has 0 spiro atoms.